The van der Waals surface area contributed by atoms with Gasteiger partial charge in [-0.05, 0) is 51.0 Å². The third kappa shape index (κ3) is 9.03. The number of nitrogens with one attached hydrogen (secondary N) is 2. The third-order valence-corrected chi connectivity index (χ3v) is 4.99. The minimum atomic E-state index is -0.209. The van der Waals surface area contributed by atoms with E-state index < -0.39 is 0 Å². The van der Waals surface area contributed by atoms with Gasteiger partial charge in [0, 0.05) is 13.5 Å². The largest absolute Gasteiger partial charge is 0.351 e. The number of rotatable bonds is 8. The van der Waals surface area contributed by atoms with Crippen LogP contribution in [0.1, 0.15) is 60.8 Å². The second-order valence-electron chi connectivity index (χ2n) is 8.20. The highest BCUT2D eigenvalue weighted by Gasteiger charge is 2.26. The maximum atomic E-state index is 11.5. The third-order valence-electron chi connectivity index (χ3n) is 4.99. The van der Waals surface area contributed by atoms with Gasteiger partial charge in [-0.1, -0.05) is 67.0 Å². The van der Waals surface area contributed by atoms with E-state index in [2.05, 4.69) is 56.6 Å². The van der Waals surface area contributed by atoms with Crippen molar-refractivity contribution in [1.82, 2.24) is 10.6 Å². The summed E-state index contributed by atoms with van der Waals surface area (Å²) >= 11 is 0. The van der Waals surface area contributed by atoms with E-state index in [-0.39, 0.29) is 23.8 Å². The molecular weight excluding hydrogens is 348 g/mol. The van der Waals surface area contributed by atoms with E-state index in [1.807, 2.05) is 25.2 Å². The molecule has 0 aromatic carbocycles. The van der Waals surface area contributed by atoms with Gasteiger partial charge in [0.05, 0.1) is 6.54 Å². The van der Waals surface area contributed by atoms with Crippen LogP contribution in [0.4, 0.5) is 0 Å². The molecule has 28 heavy (non-hydrogen) atoms. The van der Waals surface area contributed by atoms with E-state index in [4.69, 9.17) is 0 Å². The standard InChI is InChI=1S/C24H36N2O2/c1-18(12-13-22-20(3)11-8-15-24(22,5)6)9-7-10-19(2)14-16-25-23(28)17-26-21(4)27/h7,9-10,12-14H,8,11,15-17H2,1-6H3,(H,25,28)(H,26,27)/b10-7+,13-12+,18-9+,19-14+. The lowest BCUT2D eigenvalue weighted by Crippen LogP contribution is -2.35. The monoisotopic (exact) mass is 384 g/mol. The molecule has 2 N–H and O–H groups in total. The lowest BCUT2D eigenvalue weighted by molar-refractivity contribution is -0.124. The summed E-state index contributed by atoms with van der Waals surface area (Å²) in [5.74, 6) is -0.404. The molecule has 0 atom stereocenters. The Morgan fingerprint density at radius 3 is 2.43 bits per heavy atom. The molecule has 0 saturated heterocycles. The molecule has 0 fully saturated rings. The van der Waals surface area contributed by atoms with E-state index >= 15 is 0 Å². The summed E-state index contributed by atoms with van der Waals surface area (Å²) in [6.07, 6.45) is 16.3. The number of allylic oxidation sites excluding steroid dienone is 9. The van der Waals surface area contributed by atoms with Gasteiger partial charge in [0.15, 0.2) is 0 Å². The summed E-state index contributed by atoms with van der Waals surface area (Å²) in [5.41, 5.74) is 5.52. The average Bonchev–Trinajstić information content (AvgIpc) is 2.59. The van der Waals surface area contributed by atoms with Crippen LogP contribution in [0.5, 0.6) is 0 Å². The van der Waals surface area contributed by atoms with Crippen molar-refractivity contribution in [1.29, 1.82) is 0 Å². The molecule has 0 saturated carbocycles. The van der Waals surface area contributed by atoms with Crippen molar-refractivity contribution in [3.63, 3.8) is 0 Å². The van der Waals surface area contributed by atoms with Gasteiger partial charge < -0.3 is 10.6 Å². The Morgan fingerprint density at radius 1 is 1.07 bits per heavy atom. The summed E-state index contributed by atoms with van der Waals surface area (Å²) in [4.78, 5) is 22.3. The van der Waals surface area contributed by atoms with E-state index in [0.29, 0.717) is 6.54 Å². The normalized spacial score (nSPS) is 18.1. The molecule has 0 spiro atoms. The first-order valence-corrected chi connectivity index (χ1v) is 10.0. The van der Waals surface area contributed by atoms with Crippen LogP contribution < -0.4 is 10.6 Å². The van der Waals surface area contributed by atoms with E-state index in [1.54, 1.807) is 0 Å². The zero-order chi connectivity index (χ0) is 21.2. The molecule has 0 aliphatic heterocycles. The zero-order valence-electron chi connectivity index (χ0n) is 18.3. The van der Waals surface area contributed by atoms with Gasteiger partial charge in [-0.25, -0.2) is 0 Å². The number of hydrogen-bond acceptors (Lipinski definition) is 2. The Kier molecular flexibility index (Phi) is 9.70. The lowest BCUT2D eigenvalue weighted by Gasteiger charge is -2.32. The van der Waals surface area contributed by atoms with Crippen molar-refractivity contribution < 1.29 is 9.59 Å². The van der Waals surface area contributed by atoms with Crippen molar-refractivity contribution in [2.75, 3.05) is 13.1 Å². The summed E-state index contributed by atoms with van der Waals surface area (Å²) in [7, 11) is 0. The number of hydrogen-bond donors (Lipinski definition) is 2. The molecule has 1 aliphatic carbocycles. The molecule has 0 aromatic rings. The van der Waals surface area contributed by atoms with E-state index in [9.17, 15) is 9.59 Å². The number of carbonyl (C=O) groups excluding carboxylic acids is 2. The molecule has 1 aliphatic rings. The van der Waals surface area contributed by atoms with Gasteiger partial charge in [-0.3, -0.25) is 9.59 Å². The molecule has 4 nitrogen and oxygen atoms in total. The minimum Gasteiger partial charge on any atom is -0.351 e. The highest BCUT2D eigenvalue weighted by atomic mass is 16.2. The van der Waals surface area contributed by atoms with Crippen LogP contribution in [-0.4, -0.2) is 24.9 Å². The lowest BCUT2D eigenvalue weighted by atomic mass is 9.72. The smallest absolute Gasteiger partial charge is 0.239 e. The molecule has 0 unspecified atom stereocenters. The van der Waals surface area contributed by atoms with Crippen LogP contribution in [-0.2, 0) is 9.59 Å². The first-order chi connectivity index (χ1) is 13.1. The molecule has 0 heterocycles. The number of carbonyl (C=O) groups is 2. The molecule has 2 amide bonds. The Hall–Kier alpha value is -2.36. The highest BCUT2D eigenvalue weighted by Crippen LogP contribution is 2.40. The second kappa shape index (κ2) is 11.5. The van der Waals surface area contributed by atoms with Gasteiger partial charge in [0.2, 0.25) is 11.8 Å². The molecule has 4 heteroatoms. The maximum absolute atomic E-state index is 11.5. The van der Waals surface area contributed by atoms with Crippen LogP contribution in [0.3, 0.4) is 0 Å². The second-order valence-corrected chi connectivity index (χ2v) is 8.20. The van der Waals surface area contributed by atoms with Crippen molar-refractivity contribution in [3.05, 3.63) is 58.7 Å². The van der Waals surface area contributed by atoms with Gasteiger partial charge in [0.1, 0.15) is 0 Å². The Bertz CT molecular complexity index is 719. The molecule has 1 rings (SSSR count). The summed E-state index contributed by atoms with van der Waals surface area (Å²) in [6.45, 7) is 12.9. The maximum Gasteiger partial charge on any atom is 0.239 e. The summed E-state index contributed by atoms with van der Waals surface area (Å²) < 4.78 is 0. The van der Waals surface area contributed by atoms with Crippen molar-refractivity contribution in [2.24, 2.45) is 5.41 Å². The molecule has 154 valence electrons. The fourth-order valence-electron chi connectivity index (χ4n) is 3.29. The average molecular weight is 385 g/mol. The predicted molar refractivity (Wildman–Crippen MR) is 118 cm³/mol. The van der Waals surface area contributed by atoms with Gasteiger partial charge in [0.25, 0.3) is 0 Å². The zero-order valence-corrected chi connectivity index (χ0v) is 18.3. The first-order valence-electron chi connectivity index (χ1n) is 10.0. The van der Waals surface area contributed by atoms with Crippen LogP contribution >= 0.6 is 0 Å². The van der Waals surface area contributed by atoms with Gasteiger partial charge >= 0.3 is 0 Å². The summed E-state index contributed by atoms with van der Waals surface area (Å²) in [5, 5.41) is 5.21. The number of amides is 2. The quantitative estimate of drug-likeness (QED) is 0.592. The van der Waals surface area contributed by atoms with Crippen LogP contribution in [0.15, 0.2) is 58.7 Å². The van der Waals surface area contributed by atoms with Crippen LogP contribution in [0.2, 0.25) is 0 Å². The molecular formula is C24H36N2O2. The Balaban J connectivity index is 2.54. The molecule has 0 bridgehead atoms. The van der Waals surface area contributed by atoms with Crippen molar-refractivity contribution in [2.45, 2.75) is 60.8 Å². The SMILES string of the molecule is CC(=O)NCC(=O)NC/C=C(C)/C=C/C=C(C)/C=C/C1=C(C)CCCC1(C)C. The topological polar surface area (TPSA) is 58.2 Å². The molecule has 0 aromatic heterocycles. The fourth-order valence-corrected chi connectivity index (χ4v) is 3.29. The Morgan fingerprint density at radius 2 is 1.79 bits per heavy atom. The predicted octanol–water partition coefficient (Wildman–Crippen LogP) is 4.77. The Labute approximate surface area is 170 Å². The van der Waals surface area contributed by atoms with Crippen molar-refractivity contribution >= 4 is 11.8 Å². The van der Waals surface area contributed by atoms with Crippen LogP contribution in [0.25, 0.3) is 0 Å². The van der Waals surface area contributed by atoms with Crippen LogP contribution in [0, 0.1) is 5.41 Å². The summed E-state index contributed by atoms with van der Waals surface area (Å²) in [6, 6.07) is 0. The van der Waals surface area contributed by atoms with Gasteiger partial charge in [-0.2, -0.15) is 0 Å². The minimum absolute atomic E-state index is 0.0129. The van der Waals surface area contributed by atoms with E-state index in [0.717, 1.165) is 5.57 Å². The van der Waals surface area contributed by atoms with Crippen molar-refractivity contribution in [3.8, 4) is 0 Å². The highest BCUT2D eigenvalue weighted by molar-refractivity contribution is 5.83. The molecule has 0 radical (unpaired) electrons. The first kappa shape index (κ1) is 23.7. The van der Waals surface area contributed by atoms with E-state index in [1.165, 1.54) is 42.9 Å². The fraction of sp³-hybridized carbons (Fsp3) is 0.500. The van der Waals surface area contributed by atoms with Gasteiger partial charge in [-0.15, -0.1) is 0 Å².